The molecule has 27 heavy (non-hydrogen) atoms. The van der Waals surface area contributed by atoms with E-state index in [0.29, 0.717) is 0 Å². The minimum absolute atomic E-state index is 0.144. The molecule has 1 aliphatic carbocycles. The maximum absolute atomic E-state index is 13.6. The second-order valence-electron chi connectivity index (χ2n) is 7.72. The van der Waals surface area contributed by atoms with Crippen molar-refractivity contribution in [1.29, 1.82) is 0 Å². The Morgan fingerprint density at radius 3 is 2.63 bits per heavy atom. The van der Waals surface area contributed by atoms with E-state index in [4.69, 9.17) is 11.6 Å². The van der Waals surface area contributed by atoms with Crippen LogP contribution in [0.1, 0.15) is 57.4 Å². The zero-order chi connectivity index (χ0) is 19.1. The Morgan fingerprint density at radius 2 is 1.96 bits per heavy atom. The van der Waals surface area contributed by atoms with E-state index < -0.39 is 5.82 Å². The molecule has 1 heterocycles. The first-order valence-electron chi connectivity index (χ1n) is 10.2. The number of hydrogen-bond acceptors (Lipinski definition) is 1. The third kappa shape index (κ3) is 5.90. The van der Waals surface area contributed by atoms with Crippen molar-refractivity contribution in [2.24, 2.45) is 11.8 Å². The van der Waals surface area contributed by atoms with Crippen LogP contribution in [0.4, 0.5) is 4.39 Å². The molecule has 0 N–H and O–H groups in total. The molecular weight excluding hydrogens is 357 g/mol. The van der Waals surface area contributed by atoms with Crippen molar-refractivity contribution in [3.05, 3.63) is 65.1 Å². The first-order valence-corrected chi connectivity index (χ1v) is 10.6. The predicted octanol–water partition coefficient (Wildman–Crippen LogP) is 7.64. The molecule has 0 bridgehead atoms. The van der Waals surface area contributed by atoms with E-state index in [1.807, 2.05) is 12.3 Å². The van der Waals surface area contributed by atoms with Crippen LogP contribution < -0.4 is 0 Å². The molecule has 144 valence electrons. The van der Waals surface area contributed by atoms with E-state index in [-0.39, 0.29) is 5.02 Å². The van der Waals surface area contributed by atoms with Crippen LogP contribution >= 0.6 is 11.6 Å². The molecule has 0 radical (unpaired) electrons. The fraction of sp³-hybridized carbons (Fsp3) is 0.458. The summed E-state index contributed by atoms with van der Waals surface area (Å²) in [5.74, 6) is 1.24. The maximum Gasteiger partial charge on any atom is 0.142 e. The fourth-order valence-electron chi connectivity index (χ4n) is 3.89. The number of hydrogen-bond donors (Lipinski definition) is 0. The first-order chi connectivity index (χ1) is 13.2. The number of aryl methyl sites for hydroxylation is 1. The molecule has 1 fully saturated rings. The highest BCUT2D eigenvalue weighted by Gasteiger charge is 2.19. The van der Waals surface area contributed by atoms with E-state index in [2.05, 4.69) is 30.1 Å². The van der Waals surface area contributed by atoms with Crippen molar-refractivity contribution in [3.8, 4) is 11.3 Å². The lowest BCUT2D eigenvalue weighted by molar-refractivity contribution is 0.296. The lowest BCUT2D eigenvalue weighted by atomic mass is 9.79. The maximum atomic E-state index is 13.6. The molecule has 1 aliphatic rings. The monoisotopic (exact) mass is 385 g/mol. The molecule has 0 amide bonds. The lowest BCUT2D eigenvalue weighted by Gasteiger charge is -2.26. The molecule has 1 aromatic carbocycles. The van der Waals surface area contributed by atoms with Gasteiger partial charge in [0.25, 0.3) is 0 Å². The van der Waals surface area contributed by atoms with Crippen molar-refractivity contribution in [2.45, 2.75) is 58.3 Å². The second kappa shape index (κ2) is 10.0. The van der Waals surface area contributed by atoms with Crippen LogP contribution in [0.15, 0.2) is 48.7 Å². The Bertz CT molecular complexity index is 745. The Hall–Kier alpha value is -1.67. The van der Waals surface area contributed by atoms with Crippen LogP contribution in [0.25, 0.3) is 11.3 Å². The Labute approximate surface area is 167 Å². The molecule has 0 atom stereocenters. The quantitative estimate of drug-likeness (QED) is 0.446. The average Bonchev–Trinajstić information content (AvgIpc) is 2.70. The second-order valence-corrected chi connectivity index (χ2v) is 8.12. The lowest BCUT2D eigenvalue weighted by Crippen LogP contribution is -2.13. The Balaban J connectivity index is 1.47. The molecule has 2 aromatic rings. The molecule has 1 saturated carbocycles. The van der Waals surface area contributed by atoms with Gasteiger partial charge in [0.05, 0.1) is 10.7 Å². The Morgan fingerprint density at radius 1 is 1.15 bits per heavy atom. The zero-order valence-corrected chi connectivity index (χ0v) is 16.9. The summed E-state index contributed by atoms with van der Waals surface area (Å²) in [7, 11) is 0. The largest absolute Gasteiger partial charge is 0.256 e. The summed E-state index contributed by atoms with van der Waals surface area (Å²) in [6.07, 6.45) is 16.9. The van der Waals surface area contributed by atoms with Gasteiger partial charge in [-0.3, -0.25) is 4.98 Å². The molecule has 3 rings (SSSR count). The number of aromatic nitrogens is 1. The van der Waals surface area contributed by atoms with Gasteiger partial charge in [0.15, 0.2) is 0 Å². The normalized spacial score (nSPS) is 20.3. The SMILES string of the molecule is CCCC=CC1CCC(CCc2ccc(-c3ccc(Cl)c(F)c3)nc2)CC1. The number of allylic oxidation sites excluding steroid dienone is 2. The molecule has 1 nitrogen and oxygen atoms in total. The first kappa shape index (κ1) is 20.1. The van der Waals surface area contributed by atoms with E-state index >= 15 is 0 Å². The van der Waals surface area contributed by atoms with Gasteiger partial charge >= 0.3 is 0 Å². The summed E-state index contributed by atoms with van der Waals surface area (Å²) < 4.78 is 13.6. The van der Waals surface area contributed by atoms with Gasteiger partial charge in [-0.1, -0.05) is 49.2 Å². The number of nitrogens with zero attached hydrogens (tertiary/aromatic N) is 1. The third-order valence-corrected chi connectivity index (χ3v) is 5.94. The van der Waals surface area contributed by atoms with Crippen molar-refractivity contribution in [1.82, 2.24) is 4.98 Å². The molecular formula is C24H29ClFN. The number of pyridine rings is 1. The number of unbranched alkanes of at least 4 members (excludes halogenated alkanes) is 1. The van der Waals surface area contributed by atoms with Gasteiger partial charge in [-0.05, 0) is 80.5 Å². The number of rotatable bonds is 7. The Kier molecular flexibility index (Phi) is 7.46. The van der Waals surface area contributed by atoms with Gasteiger partial charge in [-0.2, -0.15) is 0 Å². The highest BCUT2D eigenvalue weighted by Crippen LogP contribution is 2.32. The molecule has 0 unspecified atom stereocenters. The van der Waals surface area contributed by atoms with Gasteiger partial charge in [-0.25, -0.2) is 4.39 Å². The van der Waals surface area contributed by atoms with Crippen LogP contribution in [-0.2, 0) is 6.42 Å². The van der Waals surface area contributed by atoms with Gasteiger partial charge < -0.3 is 0 Å². The van der Waals surface area contributed by atoms with E-state index in [1.54, 1.807) is 12.1 Å². The van der Waals surface area contributed by atoms with Crippen molar-refractivity contribution >= 4 is 11.6 Å². The van der Waals surface area contributed by atoms with Gasteiger partial charge in [-0.15, -0.1) is 0 Å². The van der Waals surface area contributed by atoms with Crippen molar-refractivity contribution in [2.75, 3.05) is 0 Å². The summed E-state index contributed by atoms with van der Waals surface area (Å²) in [6, 6.07) is 8.93. The van der Waals surface area contributed by atoms with Crippen molar-refractivity contribution < 1.29 is 4.39 Å². The van der Waals surface area contributed by atoms with Crippen LogP contribution in [0.3, 0.4) is 0 Å². The molecule has 0 spiro atoms. The van der Waals surface area contributed by atoms with Crippen LogP contribution in [0, 0.1) is 17.7 Å². The standard InChI is InChI=1S/C24H29ClFN/c1-2-3-4-5-18-6-8-19(9-7-18)10-11-20-12-15-24(27-17-20)21-13-14-22(25)23(26)16-21/h4-5,12-19H,2-3,6-11H2,1H3. The smallest absolute Gasteiger partial charge is 0.142 e. The predicted molar refractivity (Wildman–Crippen MR) is 112 cm³/mol. The summed E-state index contributed by atoms with van der Waals surface area (Å²) in [5.41, 5.74) is 2.81. The molecule has 1 aromatic heterocycles. The van der Waals surface area contributed by atoms with Gasteiger partial charge in [0.2, 0.25) is 0 Å². The summed E-state index contributed by atoms with van der Waals surface area (Å²) in [4.78, 5) is 4.52. The zero-order valence-electron chi connectivity index (χ0n) is 16.1. The average molecular weight is 386 g/mol. The van der Waals surface area contributed by atoms with Gasteiger partial charge in [0.1, 0.15) is 5.82 Å². The highest BCUT2D eigenvalue weighted by atomic mass is 35.5. The third-order valence-electron chi connectivity index (χ3n) is 5.64. The molecule has 0 saturated heterocycles. The van der Waals surface area contributed by atoms with Crippen molar-refractivity contribution in [3.63, 3.8) is 0 Å². The summed E-state index contributed by atoms with van der Waals surface area (Å²) >= 11 is 5.75. The minimum atomic E-state index is -0.403. The van der Waals surface area contributed by atoms with Crippen LogP contribution in [-0.4, -0.2) is 4.98 Å². The van der Waals surface area contributed by atoms with E-state index in [9.17, 15) is 4.39 Å². The minimum Gasteiger partial charge on any atom is -0.256 e. The molecule has 3 heteroatoms. The summed E-state index contributed by atoms with van der Waals surface area (Å²) in [6.45, 7) is 2.23. The molecule has 0 aliphatic heterocycles. The topological polar surface area (TPSA) is 12.9 Å². The fourth-order valence-corrected chi connectivity index (χ4v) is 4.01. The number of benzene rings is 1. The highest BCUT2D eigenvalue weighted by molar-refractivity contribution is 6.30. The van der Waals surface area contributed by atoms with Crippen LogP contribution in [0.2, 0.25) is 5.02 Å². The van der Waals surface area contributed by atoms with Gasteiger partial charge in [0, 0.05) is 11.8 Å². The summed E-state index contributed by atoms with van der Waals surface area (Å²) in [5, 5.41) is 0.144. The van der Waals surface area contributed by atoms with E-state index in [1.165, 1.54) is 56.6 Å². The van der Waals surface area contributed by atoms with Crippen LogP contribution in [0.5, 0.6) is 0 Å². The van der Waals surface area contributed by atoms with E-state index in [0.717, 1.165) is 29.5 Å². The number of halogens is 2.